The van der Waals surface area contributed by atoms with Gasteiger partial charge in [-0.2, -0.15) is 5.10 Å². The molecule has 2 amide bonds. The lowest BCUT2D eigenvalue weighted by Gasteiger charge is -2.14. The Labute approximate surface area is 206 Å². The van der Waals surface area contributed by atoms with Gasteiger partial charge in [0.2, 0.25) is 0 Å². The number of anilines is 1. The summed E-state index contributed by atoms with van der Waals surface area (Å²) in [5.74, 6) is -1.38. The van der Waals surface area contributed by atoms with Crippen LogP contribution in [0.2, 0.25) is 0 Å². The van der Waals surface area contributed by atoms with Gasteiger partial charge in [-0.3, -0.25) is 9.67 Å². The first-order valence-electron chi connectivity index (χ1n) is 11.5. The van der Waals surface area contributed by atoms with Gasteiger partial charge in [-0.15, -0.1) is 0 Å². The maximum Gasteiger partial charge on any atom is 0.319 e. The minimum Gasteiger partial charge on any atom is -0.404 e. The van der Waals surface area contributed by atoms with Crippen LogP contribution in [-0.4, -0.2) is 26.8 Å². The summed E-state index contributed by atoms with van der Waals surface area (Å²) in [6.07, 6.45) is 8.67. The van der Waals surface area contributed by atoms with E-state index < -0.39 is 11.6 Å². The molecule has 1 aliphatic carbocycles. The zero-order valence-corrected chi connectivity index (χ0v) is 19.5. The van der Waals surface area contributed by atoms with Crippen LogP contribution in [0.3, 0.4) is 0 Å². The Balaban J connectivity index is 1.52. The number of benzene rings is 2. The molecule has 0 atom stereocenters. The van der Waals surface area contributed by atoms with Crippen LogP contribution >= 0.6 is 0 Å². The molecule has 0 saturated heterocycles. The van der Waals surface area contributed by atoms with Crippen LogP contribution in [0.4, 0.5) is 19.3 Å². The highest BCUT2D eigenvalue weighted by molar-refractivity contribution is 5.92. The molecule has 7 nitrogen and oxygen atoms in total. The number of carbonyl (C=O) groups excluding carboxylic acids is 1. The lowest BCUT2D eigenvalue weighted by Crippen LogP contribution is -2.30. The minimum atomic E-state index is -0.710. The van der Waals surface area contributed by atoms with Gasteiger partial charge in [0, 0.05) is 65.7 Å². The molecule has 0 unspecified atom stereocenters. The molecule has 1 saturated carbocycles. The van der Waals surface area contributed by atoms with Crippen molar-refractivity contribution in [3.05, 3.63) is 96.2 Å². The zero-order valence-electron chi connectivity index (χ0n) is 19.5. The van der Waals surface area contributed by atoms with E-state index >= 15 is 0 Å². The molecule has 0 aliphatic heterocycles. The smallest absolute Gasteiger partial charge is 0.319 e. The molecule has 9 heteroatoms. The largest absolute Gasteiger partial charge is 0.404 e. The van der Waals surface area contributed by atoms with E-state index in [1.807, 2.05) is 25.4 Å². The third-order valence-corrected chi connectivity index (χ3v) is 5.90. The second-order valence-corrected chi connectivity index (χ2v) is 8.71. The number of urea groups is 1. The number of nitrogens with two attached hydrogens (primary N) is 1. The average molecular weight is 487 g/mol. The predicted molar refractivity (Wildman–Crippen MR) is 135 cm³/mol. The maximum atomic E-state index is 14.7. The van der Waals surface area contributed by atoms with Gasteiger partial charge in [-0.1, -0.05) is 6.07 Å². The molecule has 0 radical (unpaired) electrons. The van der Waals surface area contributed by atoms with Crippen molar-refractivity contribution in [3.63, 3.8) is 0 Å². The predicted octanol–water partition coefficient (Wildman–Crippen LogP) is 5.06. The molecule has 4 N–H and O–H groups in total. The van der Waals surface area contributed by atoms with Crippen LogP contribution in [-0.2, 0) is 7.05 Å². The van der Waals surface area contributed by atoms with Gasteiger partial charge in [0.05, 0.1) is 11.9 Å². The molecule has 182 valence electrons. The number of nitrogens with zero attached hydrogens (tertiary/aromatic N) is 3. The maximum absolute atomic E-state index is 14.7. The number of rotatable bonds is 6. The number of halogens is 2. The van der Waals surface area contributed by atoms with Crippen molar-refractivity contribution < 1.29 is 13.6 Å². The third-order valence-electron chi connectivity index (χ3n) is 5.90. The molecule has 1 fully saturated rings. The Morgan fingerprint density at radius 3 is 2.53 bits per heavy atom. The van der Waals surface area contributed by atoms with E-state index in [4.69, 9.17) is 5.73 Å². The minimum absolute atomic E-state index is 0.171. The molecule has 2 aromatic carbocycles. The number of carbonyl (C=O) groups is 1. The Kier molecular flexibility index (Phi) is 6.20. The van der Waals surface area contributed by atoms with Gasteiger partial charge in [0.15, 0.2) is 0 Å². The summed E-state index contributed by atoms with van der Waals surface area (Å²) in [5, 5.41) is 9.86. The first-order chi connectivity index (χ1) is 17.4. The fraction of sp³-hybridized carbons (Fsp3) is 0.148. The number of aryl methyl sites for hydroxylation is 1. The molecule has 2 aromatic heterocycles. The summed E-state index contributed by atoms with van der Waals surface area (Å²) in [6, 6.07) is 12.1. The normalized spacial score (nSPS) is 13.5. The van der Waals surface area contributed by atoms with Crippen molar-refractivity contribution in [2.75, 3.05) is 5.32 Å². The molecule has 0 bridgehead atoms. The highest BCUT2D eigenvalue weighted by Crippen LogP contribution is 2.32. The van der Waals surface area contributed by atoms with Gasteiger partial charge in [0.25, 0.3) is 0 Å². The molecule has 1 aliphatic rings. The number of hydrogen-bond donors (Lipinski definition) is 3. The number of hydrogen-bond acceptors (Lipinski definition) is 4. The SMILES string of the molecule is Cn1cc(-c2ccc(C(=CN)c3cc(NC(=O)NC4CC4)cc(-c4ccc(F)cc4F)c3)nc2)cn1. The van der Waals surface area contributed by atoms with E-state index in [2.05, 4.69) is 20.7 Å². The summed E-state index contributed by atoms with van der Waals surface area (Å²) >= 11 is 0. The van der Waals surface area contributed by atoms with Gasteiger partial charge >= 0.3 is 6.03 Å². The monoisotopic (exact) mass is 486 g/mol. The lowest BCUT2D eigenvalue weighted by molar-refractivity contribution is 0.251. The van der Waals surface area contributed by atoms with Crippen LogP contribution < -0.4 is 16.4 Å². The molecular formula is C27H24F2N6O. The van der Waals surface area contributed by atoms with Crippen molar-refractivity contribution in [2.45, 2.75) is 18.9 Å². The van der Waals surface area contributed by atoms with Gasteiger partial charge < -0.3 is 16.4 Å². The zero-order chi connectivity index (χ0) is 25.2. The first kappa shape index (κ1) is 23.2. The highest BCUT2D eigenvalue weighted by Gasteiger charge is 2.23. The van der Waals surface area contributed by atoms with Crippen molar-refractivity contribution in [3.8, 4) is 22.3 Å². The topological polar surface area (TPSA) is 97.9 Å². The van der Waals surface area contributed by atoms with Crippen LogP contribution in [0.1, 0.15) is 24.1 Å². The Hall–Kier alpha value is -4.53. The molecule has 5 rings (SSSR count). The Bertz CT molecular complexity index is 1460. The first-order valence-corrected chi connectivity index (χ1v) is 11.5. The van der Waals surface area contributed by atoms with Crippen LogP contribution in [0.5, 0.6) is 0 Å². The van der Waals surface area contributed by atoms with Crippen LogP contribution in [0.25, 0.3) is 27.8 Å². The summed E-state index contributed by atoms with van der Waals surface area (Å²) < 4.78 is 29.9. The standard InChI is InChI=1S/C27H24F2N6O/c1-35-15-19(14-32-35)16-2-7-26(31-13-16)24(12-30)18-8-17(23-6-3-20(28)11-25(23)29)9-22(10-18)34-27(36)33-21-4-5-21/h2-3,6-15,21H,4-5,30H2,1H3,(H2,33,34,36). The van der Waals surface area contributed by atoms with Crippen molar-refractivity contribution >= 4 is 17.3 Å². The van der Waals surface area contributed by atoms with E-state index in [1.165, 1.54) is 18.3 Å². The lowest BCUT2D eigenvalue weighted by atomic mass is 9.96. The van der Waals surface area contributed by atoms with E-state index in [-0.39, 0.29) is 17.6 Å². The van der Waals surface area contributed by atoms with Gasteiger partial charge in [-0.05, 0) is 60.4 Å². The average Bonchev–Trinajstić information content (AvgIpc) is 3.55. The number of pyridine rings is 1. The van der Waals surface area contributed by atoms with Gasteiger partial charge in [0.1, 0.15) is 11.6 Å². The summed E-state index contributed by atoms with van der Waals surface area (Å²) in [4.78, 5) is 17.0. The quantitative estimate of drug-likeness (QED) is 0.355. The molecular weight excluding hydrogens is 462 g/mol. The third kappa shape index (κ3) is 5.10. The van der Waals surface area contributed by atoms with E-state index in [1.54, 1.807) is 35.3 Å². The highest BCUT2D eigenvalue weighted by atomic mass is 19.1. The summed E-state index contributed by atoms with van der Waals surface area (Å²) in [6.45, 7) is 0. The molecule has 0 spiro atoms. The van der Waals surface area contributed by atoms with Gasteiger partial charge in [-0.25, -0.2) is 13.6 Å². The Morgan fingerprint density at radius 2 is 1.89 bits per heavy atom. The van der Waals surface area contributed by atoms with E-state index in [0.29, 0.717) is 28.1 Å². The fourth-order valence-electron chi connectivity index (χ4n) is 3.94. The summed E-state index contributed by atoms with van der Waals surface area (Å²) in [5.41, 5.74) is 10.7. The second kappa shape index (κ2) is 9.61. The van der Waals surface area contributed by atoms with Crippen molar-refractivity contribution in [2.24, 2.45) is 12.8 Å². The Morgan fingerprint density at radius 1 is 1.06 bits per heavy atom. The van der Waals surface area contributed by atoms with Crippen LogP contribution in [0, 0.1) is 11.6 Å². The van der Waals surface area contributed by atoms with Crippen molar-refractivity contribution in [1.29, 1.82) is 0 Å². The second-order valence-electron chi connectivity index (χ2n) is 8.71. The van der Waals surface area contributed by atoms with E-state index in [9.17, 15) is 13.6 Å². The molecule has 2 heterocycles. The molecule has 36 heavy (non-hydrogen) atoms. The van der Waals surface area contributed by atoms with Crippen LogP contribution in [0.15, 0.2) is 73.3 Å². The van der Waals surface area contributed by atoms with Crippen molar-refractivity contribution in [1.82, 2.24) is 20.1 Å². The van der Waals surface area contributed by atoms with E-state index in [0.717, 1.165) is 30.0 Å². The molecule has 4 aromatic rings. The number of aromatic nitrogens is 3. The summed E-state index contributed by atoms with van der Waals surface area (Å²) in [7, 11) is 1.84. The number of amides is 2. The fourth-order valence-corrected chi connectivity index (χ4v) is 3.94. The number of nitrogens with one attached hydrogen (secondary N) is 2.